The molecule has 4 aliphatic rings. The van der Waals surface area contributed by atoms with Crippen LogP contribution in [0, 0.1) is 28.6 Å². The van der Waals surface area contributed by atoms with Crippen molar-refractivity contribution in [3.8, 4) is 0 Å². The Hall–Kier alpha value is -2.40. The minimum Gasteiger partial charge on any atom is -0.434 e. The van der Waals surface area contributed by atoms with Gasteiger partial charge in [-0.2, -0.15) is 8.42 Å². The predicted octanol–water partition coefficient (Wildman–Crippen LogP) is 3.66. The molecule has 3 fully saturated rings. The molecule has 38 heavy (non-hydrogen) atoms. The van der Waals surface area contributed by atoms with Crippen LogP contribution in [-0.2, 0) is 38.2 Å². The van der Waals surface area contributed by atoms with Gasteiger partial charge in [0.2, 0.25) is 5.78 Å². The van der Waals surface area contributed by atoms with E-state index in [4.69, 9.17) is 13.7 Å². The van der Waals surface area contributed by atoms with E-state index < -0.39 is 80.7 Å². The Bertz CT molecular complexity index is 1240. The van der Waals surface area contributed by atoms with Crippen molar-refractivity contribution < 1.29 is 45.6 Å². The van der Waals surface area contributed by atoms with Gasteiger partial charge >= 0.3 is 6.16 Å². The minimum atomic E-state index is -4.01. The Morgan fingerprint density at radius 3 is 2.50 bits per heavy atom. The highest BCUT2D eigenvalue weighted by Crippen LogP contribution is 2.70. The van der Waals surface area contributed by atoms with Crippen molar-refractivity contribution in [2.24, 2.45) is 28.6 Å². The Kier molecular flexibility index (Phi) is 7.05. The van der Waals surface area contributed by atoms with Gasteiger partial charge in [-0.15, -0.1) is 0 Å². The van der Waals surface area contributed by atoms with Crippen LogP contribution in [0.4, 0.5) is 9.18 Å². The topological polar surface area (TPSA) is 130 Å². The standard InChI is InChI=1S/C27H35FO9S/c1-6-11-35-23(32)37-27(22(31)15-36-38(5,33)34)16(2)12-20-19-8-7-17-13-18(29)9-10-24(17,3)26(19,28)21(30)14-25(20,27)4/h9-10,13,16,19-20H,6-8,11-12,14-15H2,1-5H3/t16-,19+,20+,24+,25+,26+,27+/m1/s1. The minimum absolute atomic E-state index is 0.0329. The number of hydrogen-bond acceptors (Lipinski definition) is 9. The number of halogens is 1. The van der Waals surface area contributed by atoms with Crippen molar-refractivity contribution in [2.75, 3.05) is 19.5 Å². The molecule has 3 saturated carbocycles. The average molecular weight is 555 g/mol. The van der Waals surface area contributed by atoms with Crippen molar-refractivity contribution >= 4 is 33.6 Å². The normalized spacial score (nSPS) is 40.1. The fourth-order valence-electron chi connectivity index (χ4n) is 7.74. The molecule has 0 aromatic carbocycles. The van der Waals surface area contributed by atoms with E-state index in [0.29, 0.717) is 18.4 Å². The van der Waals surface area contributed by atoms with Gasteiger partial charge in [-0.05, 0) is 50.7 Å². The maximum Gasteiger partial charge on any atom is 0.509 e. The molecule has 0 aromatic rings. The van der Waals surface area contributed by atoms with Gasteiger partial charge in [0.15, 0.2) is 22.8 Å². The molecular weight excluding hydrogens is 519 g/mol. The highest BCUT2D eigenvalue weighted by Gasteiger charge is 2.77. The second-order valence-electron chi connectivity index (χ2n) is 11.6. The van der Waals surface area contributed by atoms with Gasteiger partial charge < -0.3 is 9.47 Å². The van der Waals surface area contributed by atoms with Crippen LogP contribution >= 0.6 is 0 Å². The smallest absolute Gasteiger partial charge is 0.434 e. The lowest BCUT2D eigenvalue weighted by Crippen LogP contribution is -2.68. The van der Waals surface area contributed by atoms with E-state index in [9.17, 15) is 27.6 Å². The maximum absolute atomic E-state index is 17.3. The Balaban J connectivity index is 1.81. The second-order valence-corrected chi connectivity index (χ2v) is 13.2. The number of ketones is 3. The summed E-state index contributed by atoms with van der Waals surface area (Å²) in [5, 5.41) is 0. The van der Waals surface area contributed by atoms with E-state index in [1.807, 2.05) is 0 Å². The third-order valence-electron chi connectivity index (χ3n) is 9.43. The van der Waals surface area contributed by atoms with E-state index >= 15 is 4.39 Å². The van der Waals surface area contributed by atoms with Gasteiger partial charge in [0, 0.05) is 29.1 Å². The van der Waals surface area contributed by atoms with Gasteiger partial charge in [-0.3, -0.25) is 18.6 Å². The summed E-state index contributed by atoms with van der Waals surface area (Å²) in [6, 6.07) is 0. The van der Waals surface area contributed by atoms with Gasteiger partial charge in [-0.1, -0.05) is 32.4 Å². The quantitative estimate of drug-likeness (QED) is 0.342. The lowest BCUT2D eigenvalue weighted by molar-refractivity contribution is -0.190. The molecule has 11 heteroatoms. The van der Waals surface area contributed by atoms with Crippen LogP contribution in [0.1, 0.15) is 59.8 Å². The first-order valence-electron chi connectivity index (χ1n) is 13.0. The summed E-state index contributed by atoms with van der Waals surface area (Å²) in [6.07, 6.45) is 4.83. The highest BCUT2D eigenvalue weighted by atomic mass is 32.2. The summed E-state index contributed by atoms with van der Waals surface area (Å²) in [6.45, 7) is 5.85. The lowest BCUT2D eigenvalue weighted by Gasteiger charge is -2.59. The molecule has 0 amide bonds. The summed E-state index contributed by atoms with van der Waals surface area (Å²) in [7, 11) is -4.01. The number of allylic oxidation sites excluding steroid dienone is 4. The Morgan fingerprint density at radius 2 is 1.87 bits per heavy atom. The molecule has 4 aliphatic carbocycles. The zero-order valence-corrected chi connectivity index (χ0v) is 23.2. The first-order valence-corrected chi connectivity index (χ1v) is 14.8. The number of carbonyl (C=O) groups is 4. The Labute approximate surface area is 222 Å². The fourth-order valence-corrected chi connectivity index (χ4v) is 8.06. The van der Waals surface area contributed by atoms with Crippen LogP contribution in [0.5, 0.6) is 0 Å². The molecule has 0 radical (unpaired) electrons. The maximum atomic E-state index is 17.3. The van der Waals surface area contributed by atoms with Crippen molar-refractivity contribution in [2.45, 2.75) is 71.1 Å². The predicted molar refractivity (Wildman–Crippen MR) is 133 cm³/mol. The number of hydrogen-bond donors (Lipinski definition) is 0. The number of ether oxygens (including phenoxy) is 2. The summed E-state index contributed by atoms with van der Waals surface area (Å²) in [5.41, 5.74) is -6.40. The van der Waals surface area contributed by atoms with Gasteiger partial charge in [0.1, 0.15) is 6.61 Å². The molecule has 7 atom stereocenters. The van der Waals surface area contributed by atoms with E-state index in [2.05, 4.69) is 0 Å². The fraction of sp³-hybridized carbons (Fsp3) is 0.704. The molecule has 0 heterocycles. The molecule has 0 spiro atoms. The molecule has 0 saturated heterocycles. The zero-order chi connectivity index (χ0) is 28.3. The molecule has 0 N–H and O–H groups in total. The first-order chi connectivity index (χ1) is 17.6. The summed E-state index contributed by atoms with van der Waals surface area (Å²) in [5.74, 6) is -3.89. The monoisotopic (exact) mass is 554 g/mol. The number of carbonyl (C=O) groups excluding carboxylic acids is 4. The van der Waals surface area contributed by atoms with E-state index in [-0.39, 0.29) is 25.2 Å². The van der Waals surface area contributed by atoms with Crippen LogP contribution in [0.2, 0.25) is 0 Å². The van der Waals surface area contributed by atoms with Crippen molar-refractivity contribution in [1.82, 2.24) is 0 Å². The third kappa shape index (κ3) is 3.99. The highest BCUT2D eigenvalue weighted by molar-refractivity contribution is 7.86. The van der Waals surface area contributed by atoms with Crippen LogP contribution < -0.4 is 0 Å². The summed E-state index contributed by atoms with van der Waals surface area (Å²) < 4.78 is 56.4. The molecule has 210 valence electrons. The van der Waals surface area contributed by atoms with Crippen molar-refractivity contribution in [3.05, 3.63) is 23.8 Å². The molecule has 4 rings (SSSR count). The van der Waals surface area contributed by atoms with Gasteiger partial charge in [0.05, 0.1) is 12.9 Å². The van der Waals surface area contributed by atoms with Crippen molar-refractivity contribution in [1.29, 1.82) is 0 Å². The average Bonchev–Trinajstić information content (AvgIpc) is 3.04. The third-order valence-corrected chi connectivity index (χ3v) is 9.98. The van der Waals surface area contributed by atoms with E-state index in [0.717, 1.165) is 6.26 Å². The van der Waals surface area contributed by atoms with Gasteiger partial charge in [0.25, 0.3) is 10.1 Å². The number of alkyl halides is 1. The van der Waals surface area contributed by atoms with E-state index in [1.165, 1.54) is 18.2 Å². The first kappa shape index (κ1) is 28.6. The molecule has 0 aromatic heterocycles. The van der Waals surface area contributed by atoms with Crippen molar-refractivity contribution in [3.63, 3.8) is 0 Å². The number of fused-ring (bicyclic) bond motifs is 5. The second kappa shape index (κ2) is 9.36. The largest absolute Gasteiger partial charge is 0.509 e. The number of rotatable bonds is 7. The zero-order valence-electron chi connectivity index (χ0n) is 22.4. The Morgan fingerprint density at radius 1 is 1.18 bits per heavy atom. The van der Waals surface area contributed by atoms with Crippen LogP contribution in [0.25, 0.3) is 0 Å². The number of Topliss-reactive ketones (excluding diaryl/α,β-unsaturated/α-hetero) is 2. The molecule has 0 unspecified atom stereocenters. The van der Waals surface area contributed by atoms with Gasteiger partial charge in [-0.25, -0.2) is 9.18 Å². The molecule has 0 aliphatic heterocycles. The SMILES string of the molecule is CCCOC(=O)O[C@]1(C(=O)COS(C)(=O)=O)[C@H](C)C[C@H]2[C@@H]3CCC4=CC(=O)C=C[C@]4(C)[C@@]3(F)C(=O)C[C@@]21C. The molecule has 9 nitrogen and oxygen atoms in total. The van der Waals surface area contributed by atoms with Crippen LogP contribution in [0.15, 0.2) is 23.8 Å². The molecular formula is C27H35FO9S. The molecule has 0 bridgehead atoms. The summed E-state index contributed by atoms with van der Waals surface area (Å²) in [4.78, 5) is 52.5. The van der Waals surface area contributed by atoms with E-state index in [1.54, 1.807) is 27.7 Å². The summed E-state index contributed by atoms with van der Waals surface area (Å²) >= 11 is 0. The van der Waals surface area contributed by atoms with Crippen LogP contribution in [0.3, 0.4) is 0 Å². The lowest BCUT2D eigenvalue weighted by atomic mass is 9.45. The van der Waals surface area contributed by atoms with Crippen LogP contribution in [-0.4, -0.2) is 62.7 Å².